The van der Waals surface area contributed by atoms with Crippen LogP contribution in [0.2, 0.25) is 0 Å². The topological polar surface area (TPSA) is 67.4 Å². The monoisotopic (exact) mass is 432 g/mol. The molecule has 2 N–H and O–H groups in total. The van der Waals surface area contributed by atoms with Gasteiger partial charge in [-0.15, -0.1) is 11.8 Å². The first-order valence-electron chi connectivity index (χ1n) is 9.54. The number of hydrogen-bond donors (Lipinski definition) is 2. The van der Waals surface area contributed by atoms with E-state index in [4.69, 9.17) is 4.74 Å². The van der Waals surface area contributed by atoms with Crippen molar-refractivity contribution in [2.45, 2.75) is 23.8 Å². The summed E-state index contributed by atoms with van der Waals surface area (Å²) in [6.07, 6.45) is 3.42. The van der Waals surface area contributed by atoms with Crippen LogP contribution in [0.25, 0.3) is 0 Å². The first-order valence-corrected chi connectivity index (χ1v) is 11.9. The molecule has 0 saturated carbocycles. The van der Waals surface area contributed by atoms with E-state index in [9.17, 15) is 9.59 Å². The average Bonchev–Trinajstić information content (AvgIpc) is 2.76. The van der Waals surface area contributed by atoms with Crippen LogP contribution in [0.5, 0.6) is 5.75 Å². The molecule has 1 atom stereocenters. The molecular weight excluding hydrogens is 404 g/mol. The number of rotatable bonds is 12. The Morgan fingerprint density at radius 2 is 1.76 bits per heavy atom. The normalized spacial score (nSPS) is 11.5. The molecule has 156 valence electrons. The highest BCUT2D eigenvalue weighted by molar-refractivity contribution is 7.99. The summed E-state index contributed by atoms with van der Waals surface area (Å²) >= 11 is 3.42. The molecule has 0 aliphatic heterocycles. The first-order chi connectivity index (χ1) is 14.2. The summed E-state index contributed by atoms with van der Waals surface area (Å²) < 4.78 is 5.25. The smallest absolute Gasteiger partial charge is 0.255 e. The fourth-order valence-electron chi connectivity index (χ4n) is 2.69. The van der Waals surface area contributed by atoms with E-state index in [1.165, 1.54) is 12.0 Å². The molecule has 0 spiro atoms. The summed E-state index contributed by atoms with van der Waals surface area (Å²) in [5, 5.41) is 5.82. The molecule has 7 heteroatoms. The lowest BCUT2D eigenvalue weighted by molar-refractivity contribution is -0.123. The van der Waals surface area contributed by atoms with Gasteiger partial charge in [0.1, 0.15) is 11.8 Å². The van der Waals surface area contributed by atoms with Crippen molar-refractivity contribution in [2.75, 3.05) is 31.4 Å². The van der Waals surface area contributed by atoms with Crippen molar-refractivity contribution in [1.29, 1.82) is 0 Å². The van der Waals surface area contributed by atoms with Crippen LogP contribution >= 0.6 is 23.5 Å². The molecule has 0 aliphatic carbocycles. The lowest BCUT2D eigenvalue weighted by atomic mass is 10.1. The molecule has 0 aliphatic rings. The fourth-order valence-corrected chi connectivity index (χ4v) is 4.03. The second-order valence-electron chi connectivity index (χ2n) is 6.31. The van der Waals surface area contributed by atoms with Gasteiger partial charge < -0.3 is 15.4 Å². The Morgan fingerprint density at radius 3 is 2.48 bits per heavy atom. The summed E-state index contributed by atoms with van der Waals surface area (Å²) in [4.78, 5) is 26.5. The van der Waals surface area contributed by atoms with Crippen LogP contribution < -0.4 is 15.4 Å². The van der Waals surface area contributed by atoms with Crippen molar-refractivity contribution in [1.82, 2.24) is 10.6 Å². The van der Waals surface area contributed by atoms with Gasteiger partial charge >= 0.3 is 0 Å². The zero-order valence-electron chi connectivity index (χ0n) is 16.9. The van der Waals surface area contributed by atoms with Gasteiger partial charge in [0, 0.05) is 11.4 Å². The molecule has 2 aromatic carbocycles. The number of thioether (sulfide) groups is 2. The molecule has 2 rings (SSSR count). The van der Waals surface area contributed by atoms with Crippen LogP contribution in [0.4, 0.5) is 0 Å². The third-order valence-corrected chi connectivity index (χ3v) is 5.96. The van der Waals surface area contributed by atoms with E-state index in [0.29, 0.717) is 24.3 Å². The van der Waals surface area contributed by atoms with Gasteiger partial charge in [-0.3, -0.25) is 9.59 Å². The Labute approximate surface area is 181 Å². The van der Waals surface area contributed by atoms with Gasteiger partial charge in [-0.25, -0.2) is 0 Å². The number of amides is 2. The summed E-state index contributed by atoms with van der Waals surface area (Å²) in [6.45, 7) is 0.582. The molecule has 5 nitrogen and oxygen atoms in total. The molecule has 0 heterocycles. The van der Waals surface area contributed by atoms with Gasteiger partial charge in [0.25, 0.3) is 5.91 Å². The Bertz CT molecular complexity index is 772. The highest BCUT2D eigenvalue weighted by atomic mass is 32.2. The zero-order valence-corrected chi connectivity index (χ0v) is 18.5. The van der Waals surface area contributed by atoms with Crippen molar-refractivity contribution in [3.8, 4) is 5.75 Å². The minimum Gasteiger partial charge on any atom is -0.496 e. The van der Waals surface area contributed by atoms with Crippen molar-refractivity contribution in [2.24, 2.45) is 0 Å². The number of carbonyl (C=O) groups is 2. The van der Waals surface area contributed by atoms with E-state index < -0.39 is 6.04 Å². The minimum absolute atomic E-state index is 0.146. The van der Waals surface area contributed by atoms with E-state index in [1.807, 2.05) is 24.5 Å². The quantitative estimate of drug-likeness (QED) is 0.394. The predicted octanol–water partition coefficient (Wildman–Crippen LogP) is 3.85. The van der Waals surface area contributed by atoms with E-state index in [1.54, 1.807) is 47.8 Å². The van der Waals surface area contributed by atoms with Crippen molar-refractivity contribution in [3.05, 3.63) is 60.2 Å². The second kappa shape index (κ2) is 13.2. The van der Waals surface area contributed by atoms with Gasteiger partial charge in [0.05, 0.1) is 12.7 Å². The molecule has 29 heavy (non-hydrogen) atoms. The fraction of sp³-hybridized carbons (Fsp3) is 0.364. The molecular formula is C22H28N2O3S2. The SMILES string of the molecule is COc1ccccc1C(=O)N[C@H](CCSC)C(=O)NCCCSc1ccccc1. The summed E-state index contributed by atoms with van der Waals surface area (Å²) in [5.41, 5.74) is 0.427. The highest BCUT2D eigenvalue weighted by Crippen LogP contribution is 2.18. The maximum absolute atomic E-state index is 12.7. The van der Waals surface area contributed by atoms with Gasteiger partial charge in [-0.2, -0.15) is 11.8 Å². The molecule has 0 bridgehead atoms. The van der Waals surface area contributed by atoms with Gasteiger partial charge in [0.2, 0.25) is 5.91 Å². The van der Waals surface area contributed by atoms with Crippen LogP contribution in [0.15, 0.2) is 59.5 Å². The number of para-hydroxylation sites is 1. The molecule has 0 radical (unpaired) electrons. The Balaban J connectivity index is 1.84. The first kappa shape index (κ1) is 23.2. The summed E-state index contributed by atoms with van der Waals surface area (Å²) in [5.74, 6) is 1.75. The number of ether oxygens (including phenoxy) is 1. The van der Waals surface area contributed by atoms with Gasteiger partial charge in [-0.1, -0.05) is 30.3 Å². The van der Waals surface area contributed by atoms with Crippen molar-refractivity contribution < 1.29 is 14.3 Å². The van der Waals surface area contributed by atoms with Crippen LogP contribution in [-0.2, 0) is 4.79 Å². The minimum atomic E-state index is -0.568. The van der Waals surface area contributed by atoms with Crippen molar-refractivity contribution >= 4 is 35.3 Å². The van der Waals surface area contributed by atoms with Crippen molar-refractivity contribution in [3.63, 3.8) is 0 Å². The van der Waals surface area contributed by atoms with E-state index >= 15 is 0 Å². The number of hydrogen-bond acceptors (Lipinski definition) is 5. The van der Waals surface area contributed by atoms with Crippen LogP contribution in [0.3, 0.4) is 0 Å². The lowest BCUT2D eigenvalue weighted by Gasteiger charge is -2.19. The summed E-state index contributed by atoms with van der Waals surface area (Å²) in [6, 6.07) is 16.6. The third-order valence-electron chi connectivity index (χ3n) is 4.22. The Hall–Kier alpha value is -2.12. The highest BCUT2D eigenvalue weighted by Gasteiger charge is 2.22. The Morgan fingerprint density at radius 1 is 1.03 bits per heavy atom. The average molecular weight is 433 g/mol. The van der Waals surface area contributed by atoms with Crippen LogP contribution in [0, 0.1) is 0 Å². The van der Waals surface area contributed by atoms with Crippen LogP contribution in [-0.4, -0.2) is 49.3 Å². The molecule has 0 unspecified atom stereocenters. The predicted molar refractivity (Wildman–Crippen MR) is 122 cm³/mol. The summed E-state index contributed by atoms with van der Waals surface area (Å²) in [7, 11) is 1.53. The molecule has 0 saturated heterocycles. The number of methoxy groups -OCH3 is 1. The molecule has 2 amide bonds. The molecule has 0 fully saturated rings. The van der Waals surface area contributed by atoms with E-state index in [2.05, 4.69) is 22.8 Å². The maximum Gasteiger partial charge on any atom is 0.255 e. The van der Waals surface area contributed by atoms with Crippen LogP contribution in [0.1, 0.15) is 23.2 Å². The van der Waals surface area contributed by atoms with Gasteiger partial charge in [0.15, 0.2) is 0 Å². The third kappa shape index (κ3) is 8.03. The van der Waals surface area contributed by atoms with Gasteiger partial charge in [-0.05, 0) is 54.9 Å². The standard InChI is InChI=1S/C22H28N2O3S2/c1-27-20-12-7-6-11-18(20)21(25)24-19(13-16-28-2)22(26)23-14-8-15-29-17-9-4-3-5-10-17/h3-7,9-12,19H,8,13-16H2,1-2H3,(H,23,26)(H,24,25)/t19-/m1/s1. The molecule has 0 aromatic heterocycles. The zero-order chi connectivity index (χ0) is 20.9. The Kier molecular flexibility index (Phi) is 10.5. The number of carbonyl (C=O) groups excluding carboxylic acids is 2. The maximum atomic E-state index is 12.7. The van der Waals surface area contributed by atoms with E-state index in [-0.39, 0.29) is 11.8 Å². The molecule has 2 aromatic rings. The number of benzene rings is 2. The van der Waals surface area contributed by atoms with E-state index in [0.717, 1.165) is 17.9 Å². The lowest BCUT2D eigenvalue weighted by Crippen LogP contribution is -2.47. The second-order valence-corrected chi connectivity index (χ2v) is 8.47. The number of nitrogens with one attached hydrogen (secondary N) is 2. The largest absolute Gasteiger partial charge is 0.496 e.